The number of nitrogens with one attached hydrogen (secondary N) is 1. The lowest BCUT2D eigenvalue weighted by atomic mass is 10.1. The number of hydrogen-bond acceptors (Lipinski definition) is 3. The molecule has 0 aromatic carbocycles. The molecule has 4 nitrogen and oxygen atoms in total. The quantitative estimate of drug-likeness (QED) is 0.915. The smallest absolute Gasteiger partial charge is 0.258 e. The first-order valence-electron chi connectivity index (χ1n) is 8.13. The van der Waals surface area contributed by atoms with E-state index in [2.05, 4.69) is 21.4 Å². The maximum atomic E-state index is 12.3. The van der Waals surface area contributed by atoms with Crippen molar-refractivity contribution in [1.82, 2.24) is 9.97 Å². The number of allylic oxidation sites excluding steroid dienone is 2. The molecule has 118 valence electrons. The highest BCUT2D eigenvalue weighted by Gasteiger charge is 2.10. The van der Waals surface area contributed by atoms with E-state index in [0.29, 0.717) is 11.4 Å². The Morgan fingerprint density at radius 3 is 2.83 bits per heavy atom. The fraction of sp³-hybridized carbons (Fsp3) is 0.316. The van der Waals surface area contributed by atoms with Gasteiger partial charge in [-0.1, -0.05) is 18.6 Å². The van der Waals surface area contributed by atoms with Crippen LogP contribution in [0.4, 0.5) is 5.82 Å². The van der Waals surface area contributed by atoms with Crippen molar-refractivity contribution in [1.29, 1.82) is 0 Å². The molecular weight excluding hydrogens is 286 g/mol. The van der Waals surface area contributed by atoms with Crippen molar-refractivity contribution < 1.29 is 4.79 Å². The monoisotopic (exact) mass is 307 g/mol. The molecule has 0 fully saturated rings. The molecule has 23 heavy (non-hydrogen) atoms. The molecule has 0 saturated carbocycles. The molecule has 1 N–H and O–H groups in total. The average molecular weight is 307 g/mol. The third kappa shape index (κ3) is 4.03. The van der Waals surface area contributed by atoms with E-state index in [9.17, 15) is 4.79 Å². The first kappa shape index (κ1) is 15.4. The molecule has 2 heterocycles. The van der Waals surface area contributed by atoms with Crippen LogP contribution in [0.1, 0.15) is 53.8 Å². The van der Waals surface area contributed by atoms with Crippen LogP contribution in [0, 0.1) is 6.92 Å². The maximum Gasteiger partial charge on any atom is 0.258 e. The summed E-state index contributed by atoms with van der Waals surface area (Å²) in [6.07, 6.45) is 9.88. The van der Waals surface area contributed by atoms with E-state index in [1.807, 2.05) is 31.2 Å². The van der Waals surface area contributed by atoms with Crippen LogP contribution in [0.3, 0.4) is 0 Å². The number of pyridine rings is 2. The molecule has 2 aromatic rings. The predicted molar refractivity (Wildman–Crippen MR) is 92.2 cm³/mol. The van der Waals surface area contributed by atoms with E-state index in [4.69, 9.17) is 0 Å². The predicted octanol–water partition coefficient (Wildman–Crippen LogP) is 4.38. The number of amides is 1. The van der Waals surface area contributed by atoms with Crippen LogP contribution in [-0.2, 0) is 0 Å². The van der Waals surface area contributed by atoms with Crippen molar-refractivity contribution in [3.63, 3.8) is 0 Å². The van der Waals surface area contributed by atoms with Crippen molar-refractivity contribution in [3.05, 3.63) is 59.6 Å². The topological polar surface area (TPSA) is 54.9 Å². The van der Waals surface area contributed by atoms with Gasteiger partial charge in [0, 0.05) is 11.9 Å². The summed E-state index contributed by atoms with van der Waals surface area (Å²) >= 11 is 0. The van der Waals surface area contributed by atoms with Crippen LogP contribution in [0.5, 0.6) is 0 Å². The van der Waals surface area contributed by atoms with Gasteiger partial charge in [0.25, 0.3) is 5.91 Å². The summed E-state index contributed by atoms with van der Waals surface area (Å²) in [6, 6.07) is 9.32. The van der Waals surface area contributed by atoms with E-state index >= 15 is 0 Å². The number of anilines is 1. The summed E-state index contributed by atoms with van der Waals surface area (Å²) in [5, 5.41) is 2.80. The molecule has 0 bridgehead atoms. The molecule has 0 spiro atoms. The van der Waals surface area contributed by atoms with Gasteiger partial charge in [-0.3, -0.25) is 9.78 Å². The van der Waals surface area contributed by atoms with Crippen LogP contribution in [-0.4, -0.2) is 15.9 Å². The van der Waals surface area contributed by atoms with Gasteiger partial charge in [0.15, 0.2) is 0 Å². The number of nitrogens with zero attached hydrogens (tertiary/aromatic N) is 2. The van der Waals surface area contributed by atoms with E-state index in [1.165, 1.54) is 24.8 Å². The normalized spacial score (nSPS) is 14.7. The third-order valence-corrected chi connectivity index (χ3v) is 4.03. The standard InChI is InChI=1S/C19H21N3O/c1-14-7-6-10-18(21-14)22-19(23)16-11-12-17(20-13-16)15-8-4-2-3-5-9-15/h6-8,10-13H,2-5,9H2,1H3,(H,21,22,23). The first-order chi connectivity index (χ1) is 11.2. The molecule has 1 aliphatic carbocycles. The van der Waals surface area contributed by atoms with Crippen molar-refractivity contribution in [3.8, 4) is 0 Å². The number of rotatable bonds is 3. The van der Waals surface area contributed by atoms with E-state index < -0.39 is 0 Å². The number of aryl methyl sites for hydroxylation is 1. The van der Waals surface area contributed by atoms with Crippen LogP contribution >= 0.6 is 0 Å². The molecule has 0 radical (unpaired) electrons. The Hall–Kier alpha value is -2.49. The van der Waals surface area contributed by atoms with Crippen LogP contribution < -0.4 is 5.32 Å². The molecule has 3 rings (SSSR count). The maximum absolute atomic E-state index is 12.3. The highest BCUT2D eigenvalue weighted by Crippen LogP contribution is 2.24. The van der Waals surface area contributed by atoms with Crippen molar-refractivity contribution in [2.75, 3.05) is 5.32 Å². The molecule has 0 aliphatic heterocycles. The largest absolute Gasteiger partial charge is 0.307 e. The van der Waals surface area contributed by atoms with Gasteiger partial charge in [-0.05, 0) is 62.4 Å². The SMILES string of the molecule is Cc1cccc(NC(=O)c2ccc(C3=CCCCCC3)nc2)n1. The van der Waals surface area contributed by atoms with Gasteiger partial charge in [-0.2, -0.15) is 0 Å². The summed E-state index contributed by atoms with van der Waals surface area (Å²) in [5.41, 5.74) is 3.70. The molecule has 0 unspecified atom stereocenters. The lowest BCUT2D eigenvalue weighted by Gasteiger charge is -2.07. The Morgan fingerprint density at radius 1 is 1.13 bits per heavy atom. The Bertz CT molecular complexity index is 720. The van der Waals surface area contributed by atoms with Crippen molar-refractivity contribution in [2.45, 2.75) is 39.0 Å². The number of hydrogen-bond donors (Lipinski definition) is 1. The minimum atomic E-state index is -0.183. The Balaban J connectivity index is 1.71. The molecule has 0 atom stereocenters. The van der Waals surface area contributed by atoms with Crippen molar-refractivity contribution in [2.24, 2.45) is 0 Å². The van der Waals surface area contributed by atoms with E-state index in [-0.39, 0.29) is 5.91 Å². The highest BCUT2D eigenvalue weighted by molar-refractivity contribution is 6.03. The summed E-state index contributed by atoms with van der Waals surface area (Å²) in [5.74, 6) is 0.377. The van der Waals surface area contributed by atoms with E-state index in [0.717, 1.165) is 24.2 Å². The van der Waals surface area contributed by atoms with Gasteiger partial charge >= 0.3 is 0 Å². The molecule has 1 aliphatic rings. The lowest BCUT2D eigenvalue weighted by Crippen LogP contribution is -2.13. The number of carbonyl (C=O) groups excluding carboxylic acids is 1. The van der Waals surface area contributed by atoms with Crippen LogP contribution in [0.15, 0.2) is 42.6 Å². The fourth-order valence-corrected chi connectivity index (χ4v) is 2.77. The lowest BCUT2D eigenvalue weighted by molar-refractivity contribution is 0.102. The van der Waals surface area contributed by atoms with Gasteiger partial charge in [0.1, 0.15) is 5.82 Å². The number of carbonyl (C=O) groups is 1. The zero-order valence-electron chi connectivity index (χ0n) is 13.4. The van der Waals surface area contributed by atoms with Gasteiger partial charge in [-0.25, -0.2) is 4.98 Å². The highest BCUT2D eigenvalue weighted by atomic mass is 16.1. The molecule has 0 saturated heterocycles. The fourth-order valence-electron chi connectivity index (χ4n) is 2.77. The summed E-state index contributed by atoms with van der Waals surface area (Å²) in [7, 11) is 0. The van der Waals surface area contributed by atoms with Gasteiger partial charge in [-0.15, -0.1) is 0 Å². The zero-order valence-corrected chi connectivity index (χ0v) is 13.4. The van der Waals surface area contributed by atoms with Crippen LogP contribution in [0.25, 0.3) is 5.57 Å². The second kappa shape index (κ2) is 7.18. The average Bonchev–Trinajstić information content (AvgIpc) is 2.84. The Morgan fingerprint density at radius 2 is 2.04 bits per heavy atom. The second-order valence-corrected chi connectivity index (χ2v) is 5.88. The first-order valence-corrected chi connectivity index (χ1v) is 8.13. The van der Waals surface area contributed by atoms with Gasteiger partial charge in [0.05, 0.1) is 11.3 Å². The third-order valence-electron chi connectivity index (χ3n) is 4.03. The summed E-state index contributed by atoms with van der Waals surface area (Å²) < 4.78 is 0. The number of aromatic nitrogens is 2. The van der Waals surface area contributed by atoms with Gasteiger partial charge < -0.3 is 5.32 Å². The Kier molecular flexibility index (Phi) is 4.81. The minimum Gasteiger partial charge on any atom is -0.307 e. The zero-order chi connectivity index (χ0) is 16.1. The van der Waals surface area contributed by atoms with Crippen molar-refractivity contribution >= 4 is 17.3 Å². The minimum absolute atomic E-state index is 0.183. The molecular formula is C19H21N3O. The Labute approximate surface area is 136 Å². The molecule has 1 amide bonds. The molecule has 4 heteroatoms. The second-order valence-electron chi connectivity index (χ2n) is 5.88. The van der Waals surface area contributed by atoms with Gasteiger partial charge in [0.2, 0.25) is 0 Å². The summed E-state index contributed by atoms with van der Waals surface area (Å²) in [4.78, 5) is 21.0. The summed E-state index contributed by atoms with van der Waals surface area (Å²) in [6.45, 7) is 1.90. The molecule has 2 aromatic heterocycles. The van der Waals surface area contributed by atoms with Crippen LogP contribution in [0.2, 0.25) is 0 Å². The van der Waals surface area contributed by atoms with E-state index in [1.54, 1.807) is 12.3 Å².